The first-order chi connectivity index (χ1) is 9.16. The Bertz CT molecular complexity index is 461. The summed E-state index contributed by atoms with van der Waals surface area (Å²) in [6.07, 6.45) is 2.10. The molecule has 0 atom stereocenters. The number of hydrogen-bond donors (Lipinski definition) is 1. The molecule has 0 aliphatic carbocycles. The Labute approximate surface area is 115 Å². The number of fused-ring (bicyclic) bond motifs is 1. The molecule has 1 fully saturated rings. The van der Waals surface area contributed by atoms with Crippen LogP contribution in [0.2, 0.25) is 0 Å². The third-order valence-electron chi connectivity index (χ3n) is 4.30. The molecule has 19 heavy (non-hydrogen) atoms. The molecule has 0 radical (unpaired) electrons. The Morgan fingerprint density at radius 1 is 1.11 bits per heavy atom. The minimum Gasteiger partial charge on any atom is -0.367 e. The van der Waals surface area contributed by atoms with Crippen LogP contribution in [0.25, 0.3) is 0 Å². The first kappa shape index (κ1) is 12.9. The molecular weight excluding hydrogens is 236 g/mol. The molecule has 0 amide bonds. The summed E-state index contributed by atoms with van der Waals surface area (Å²) < 4.78 is 0. The number of nitrogens with zero attached hydrogens (tertiary/aromatic N) is 3. The molecule has 0 aromatic carbocycles. The van der Waals surface area contributed by atoms with Crippen LogP contribution in [0, 0.1) is 0 Å². The van der Waals surface area contributed by atoms with Crippen LogP contribution in [0.15, 0.2) is 6.20 Å². The van der Waals surface area contributed by atoms with E-state index in [0.717, 1.165) is 39.3 Å². The van der Waals surface area contributed by atoms with E-state index in [0.29, 0.717) is 5.92 Å². The van der Waals surface area contributed by atoms with Crippen LogP contribution < -0.4 is 10.2 Å². The molecule has 3 heterocycles. The van der Waals surface area contributed by atoms with Crippen molar-refractivity contribution in [3.05, 3.63) is 23.0 Å². The van der Waals surface area contributed by atoms with Gasteiger partial charge >= 0.3 is 0 Å². The summed E-state index contributed by atoms with van der Waals surface area (Å²) in [5.41, 5.74) is 5.57. The predicted octanol–water partition coefficient (Wildman–Crippen LogP) is 1.56. The lowest BCUT2D eigenvalue weighted by Gasteiger charge is -2.35. The SMILES string of the molecule is CC(C)c1ncc(N2CCN(C)CC2)c2c1CNC2. The molecule has 1 N–H and O–H groups in total. The van der Waals surface area contributed by atoms with Gasteiger partial charge in [-0.25, -0.2) is 0 Å². The van der Waals surface area contributed by atoms with Crippen molar-refractivity contribution in [2.45, 2.75) is 32.9 Å². The number of aromatic nitrogens is 1. The van der Waals surface area contributed by atoms with E-state index in [1.54, 1.807) is 0 Å². The fraction of sp³-hybridized carbons (Fsp3) is 0.667. The average Bonchev–Trinajstić information content (AvgIpc) is 2.87. The molecule has 104 valence electrons. The molecule has 2 aliphatic heterocycles. The van der Waals surface area contributed by atoms with Gasteiger partial charge in [-0.15, -0.1) is 0 Å². The minimum atomic E-state index is 0.509. The summed E-state index contributed by atoms with van der Waals surface area (Å²) in [5, 5.41) is 3.49. The van der Waals surface area contributed by atoms with Crippen molar-refractivity contribution in [1.29, 1.82) is 0 Å². The molecule has 0 saturated carbocycles. The second-order valence-corrected chi connectivity index (χ2v) is 6.03. The number of likely N-dealkylation sites (N-methyl/N-ethyl adjacent to an activating group) is 1. The van der Waals surface area contributed by atoms with Gasteiger partial charge in [-0.1, -0.05) is 13.8 Å². The Balaban J connectivity index is 1.93. The van der Waals surface area contributed by atoms with E-state index >= 15 is 0 Å². The van der Waals surface area contributed by atoms with Gasteiger partial charge in [0, 0.05) is 45.0 Å². The van der Waals surface area contributed by atoms with E-state index in [4.69, 9.17) is 4.98 Å². The van der Waals surface area contributed by atoms with Crippen LogP contribution >= 0.6 is 0 Å². The van der Waals surface area contributed by atoms with Crippen LogP contribution in [-0.2, 0) is 13.1 Å². The van der Waals surface area contributed by atoms with Gasteiger partial charge in [0.2, 0.25) is 0 Å². The zero-order valence-corrected chi connectivity index (χ0v) is 12.2. The zero-order chi connectivity index (χ0) is 13.4. The first-order valence-electron chi connectivity index (χ1n) is 7.31. The van der Waals surface area contributed by atoms with E-state index in [-0.39, 0.29) is 0 Å². The Kier molecular flexibility index (Phi) is 3.46. The molecule has 0 spiro atoms. The number of pyridine rings is 1. The number of nitrogens with one attached hydrogen (secondary N) is 1. The van der Waals surface area contributed by atoms with Gasteiger partial charge in [0.25, 0.3) is 0 Å². The van der Waals surface area contributed by atoms with Crippen molar-refractivity contribution in [3.8, 4) is 0 Å². The maximum Gasteiger partial charge on any atom is 0.0602 e. The molecule has 0 unspecified atom stereocenters. The summed E-state index contributed by atoms with van der Waals surface area (Å²) in [6, 6.07) is 0. The molecule has 1 aromatic heterocycles. The smallest absolute Gasteiger partial charge is 0.0602 e. The highest BCUT2D eigenvalue weighted by Gasteiger charge is 2.24. The molecule has 3 rings (SSSR count). The third kappa shape index (κ3) is 2.35. The highest BCUT2D eigenvalue weighted by Crippen LogP contribution is 2.32. The van der Waals surface area contributed by atoms with E-state index in [1.807, 2.05) is 0 Å². The van der Waals surface area contributed by atoms with Gasteiger partial charge in [0.1, 0.15) is 0 Å². The molecule has 4 heteroatoms. The Morgan fingerprint density at radius 2 is 1.79 bits per heavy atom. The summed E-state index contributed by atoms with van der Waals surface area (Å²) in [6.45, 7) is 11.0. The molecule has 4 nitrogen and oxygen atoms in total. The number of rotatable bonds is 2. The minimum absolute atomic E-state index is 0.509. The van der Waals surface area contributed by atoms with Gasteiger partial charge in [0.05, 0.1) is 11.9 Å². The van der Waals surface area contributed by atoms with Crippen LogP contribution in [0.3, 0.4) is 0 Å². The second-order valence-electron chi connectivity index (χ2n) is 6.03. The Morgan fingerprint density at radius 3 is 2.47 bits per heavy atom. The van der Waals surface area contributed by atoms with Gasteiger partial charge in [0.15, 0.2) is 0 Å². The second kappa shape index (κ2) is 5.10. The van der Waals surface area contributed by atoms with Crippen molar-refractivity contribution < 1.29 is 0 Å². The van der Waals surface area contributed by atoms with E-state index < -0.39 is 0 Å². The molecule has 0 bridgehead atoms. The summed E-state index contributed by atoms with van der Waals surface area (Å²) in [5.74, 6) is 0.509. The number of hydrogen-bond acceptors (Lipinski definition) is 4. The largest absolute Gasteiger partial charge is 0.367 e. The number of piperazine rings is 1. The molecule has 1 saturated heterocycles. The van der Waals surface area contributed by atoms with E-state index in [9.17, 15) is 0 Å². The molecule has 2 aliphatic rings. The van der Waals surface area contributed by atoms with E-state index in [2.05, 4.69) is 42.2 Å². The zero-order valence-electron chi connectivity index (χ0n) is 12.2. The lowest BCUT2D eigenvalue weighted by atomic mass is 9.99. The van der Waals surface area contributed by atoms with Crippen LogP contribution in [0.5, 0.6) is 0 Å². The van der Waals surface area contributed by atoms with Crippen molar-refractivity contribution in [2.75, 3.05) is 38.1 Å². The highest BCUT2D eigenvalue weighted by atomic mass is 15.3. The lowest BCUT2D eigenvalue weighted by molar-refractivity contribution is 0.312. The molecule has 1 aromatic rings. The predicted molar refractivity (Wildman–Crippen MR) is 78.6 cm³/mol. The van der Waals surface area contributed by atoms with Crippen molar-refractivity contribution in [1.82, 2.24) is 15.2 Å². The maximum absolute atomic E-state index is 4.75. The van der Waals surface area contributed by atoms with Crippen LogP contribution in [-0.4, -0.2) is 43.1 Å². The fourth-order valence-corrected chi connectivity index (χ4v) is 3.12. The maximum atomic E-state index is 4.75. The average molecular weight is 260 g/mol. The number of anilines is 1. The van der Waals surface area contributed by atoms with Crippen molar-refractivity contribution in [3.63, 3.8) is 0 Å². The van der Waals surface area contributed by atoms with Gasteiger partial charge in [-0.3, -0.25) is 4.98 Å². The van der Waals surface area contributed by atoms with Gasteiger partial charge in [-0.05, 0) is 24.1 Å². The lowest BCUT2D eigenvalue weighted by Crippen LogP contribution is -2.45. The normalized spacial score (nSPS) is 20.1. The first-order valence-corrected chi connectivity index (χ1v) is 7.31. The van der Waals surface area contributed by atoms with Crippen LogP contribution in [0.1, 0.15) is 36.6 Å². The molecular formula is C15H24N4. The Hall–Kier alpha value is -1.13. The summed E-state index contributed by atoms with van der Waals surface area (Å²) in [4.78, 5) is 9.65. The van der Waals surface area contributed by atoms with E-state index in [1.165, 1.54) is 22.5 Å². The summed E-state index contributed by atoms with van der Waals surface area (Å²) in [7, 11) is 2.20. The van der Waals surface area contributed by atoms with Gasteiger partial charge in [-0.2, -0.15) is 0 Å². The van der Waals surface area contributed by atoms with Crippen LogP contribution in [0.4, 0.5) is 5.69 Å². The third-order valence-corrected chi connectivity index (χ3v) is 4.30. The quantitative estimate of drug-likeness (QED) is 0.874. The van der Waals surface area contributed by atoms with Crippen molar-refractivity contribution >= 4 is 5.69 Å². The standard InChI is InChI=1S/C15H24N4/c1-11(2)15-13-9-16-8-12(13)14(10-17-15)19-6-4-18(3)5-7-19/h10-11,16H,4-9H2,1-3H3. The monoisotopic (exact) mass is 260 g/mol. The topological polar surface area (TPSA) is 31.4 Å². The van der Waals surface area contributed by atoms with Crippen molar-refractivity contribution in [2.24, 2.45) is 0 Å². The fourth-order valence-electron chi connectivity index (χ4n) is 3.12. The highest BCUT2D eigenvalue weighted by molar-refractivity contribution is 5.58. The summed E-state index contributed by atoms with van der Waals surface area (Å²) >= 11 is 0. The van der Waals surface area contributed by atoms with Gasteiger partial charge < -0.3 is 15.1 Å².